The first-order chi connectivity index (χ1) is 16.7. The van der Waals surface area contributed by atoms with Crippen molar-refractivity contribution >= 4 is 17.7 Å². The highest BCUT2D eigenvalue weighted by molar-refractivity contribution is 5.90. The van der Waals surface area contributed by atoms with Gasteiger partial charge >= 0.3 is 18.6 Å². The molecule has 0 radical (unpaired) electrons. The number of carboxylic acid groups (broad SMARTS) is 1. The average molecular weight is 483 g/mol. The topological polar surface area (TPSA) is 87.7 Å². The summed E-state index contributed by atoms with van der Waals surface area (Å²) in [4.78, 5) is 23.0. The number of carbonyl (C=O) groups is 2. The highest BCUT2D eigenvalue weighted by Crippen LogP contribution is 2.36. The number of rotatable bonds is 10. The van der Waals surface area contributed by atoms with Crippen LogP contribution in [0.3, 0.4) is 0 Å². The fraction of sp³-hybridized carbons (Fsp3) is 0.259. The first kappa shape index (κ1) is 25.7. The zero-order valence-electron chi connectivity index (χ0n) is 19.6. The van der Waals surface area contributed by atoms with Crippen LogP contribution in [-0.4, -0.2) is 23.7 Å². The lowest BCUT2D eigenvalue weighted by atomic mass is 9.94. The van der Waals surface area contributed by atoms with Gasteiger partial charge in [0.15, 0.2) is 0 Å². The number of alkyl halides is 2. The van der Waals surface area contributed by atoms with Crippen molar-refractivity contribution in [3.8, 4) is 16.9 Å². The summed E-state index contributed by atoms with van der Waals surface area (Å²) in [6.07, 6.45) is 1.41. The van der Waals surface area contributed by atoms with E-state index in [2.05, 4.69) is 15.4 Å². The molecule has 0 saturated heterocycles. The molecule has 8 heteroatoms. The molecule has 0 unspecified atom stereocenters. The first-order valence-corrected chi connectivity index (χ1v) is 11.2. The standard InChI is InChI=1S/C27H28F2N2O4/c1-17-14-21(15-18(2)25(17)22-7-3-4-8-23(22)35-26(28)29)31-27(34)30-16-20-12-10-19(11-13-20)6-5-9-24(32)33/h3-4,7-8,10-15,26H,5-6,9,16H2,1-2H3,(H,32,33)(H2,30,31,34). The number of halogens is 2. The van der Waals surface area contributed by atoms with Gasteiger partial charge in [0.2, 0.25) is 0 Å². The minimum Gasteiger partial charge on any atom is -0.481 e. The van der Waals surface area contributed by atoms with Crippen molar-refractivity contribution in [1.29, 1.82) is 0 Å². The number of anilines is 1. The lowest BCUT2D eigenvalue weighted by Gasteiger charge is -2.17. The number of ether oxygens (including phenoxy) is 1. The summed E-state index contributed by atoms with van der Waals surface area (Å²) in [5.74, 6) is -0.706. The number of hydrogen-bond acceptors (Lipinski definition) is 3. The number of amides is 2. The number of carboxylic acids is 1. The van der Waals surface area contributed by atoms with Crippen LogP contribution >= 0.6 is 0 Å². The average Bonchev–Trinajstić information content (AvgIpc) is 2.78. The van der Waals surface area contributed by atoms with Gasteiger partial charge < -0.3 is 20.5 Å². The van der Waals surface area contributed by atoms with E-state index in [9.17, 15) is 18.4 Å². The molecule has 3 aromatic rings. The van der Waals surface area contributed by atoms with E-state index in [4.69, 9.17) is 5.11 Å². The fourth-order valence-electron chi connectivity index (χ4n) is 3.96. The lowest BCUT2D eigenvalue weighted by Crippen LogP contribution is -2.28. The summed E-state index contributed by atoms with van der Waals surface area (Å²) < 4.78 is 30.3. The molecule has 3 aromatic carbocycles. The van der Waals surface area contributed by atoms with E-state index in [1.807, 2.05) is 38.1 Å². The molecule has 0 aromatic heterocycles. The zero-order valence-corrected chi connectivity index (χ0v) is 19.6. The van der Waals surface area contributed by atoms with Crippen LogP contribution < -0.4 is 15.4 Å². The minimum absolute atomic E-state index is 0.0973. The van der Waals surface area contributed by atoms with Crippen molar-refractivity contribution < 1.29 is 28.2 Å². The monoisotopic (exact) mass is 482 g/mol. The number of urea groups is 1. The smallest absolute Gasteiger partial charge is 0.387 e. The van der Waals surface area contributed by atoms with Gasteiger partial charge in [-0.15, -0.1) is 0 Å². The van der Waals surface area contributed by atoms with Crippen LogP contribution in [0.5, 0.6) is 5.75 Å². The third kappa shape index (κ3) is 7.53. The van der Waals surface area contributed by atoms with Crippen LogP contribution in [0.2, 0.25) is 0 Å². The Morgan fingerprint density at radius 3 is 2.23 bits per heavy atom. The molecule has 3 rings (SSSR count). The molecule has 0 aliphatic carbocycles. The Hall–Kier alpha value is -3.94. The number of aryl methyl sites for hydroxylation is 3. The van der Waals surface area contributed by atoms with Gasteiger partial charge in [-0.2, -0.15) is 8.78 Å². The molecule has 0 saturated carbocycles. The predicted molar refractivity (Wildman–Crippen MR) is 131 cm³/mol. The molecule has 0 fully saturated rings. The molecule has 35 heavy (non-hydrogen) atoms. The molecule has 0 bridgehead atoms. The van der Waals surface area contributed by atoms with Crippen LogP contribution in [0.4, 0.5) is 19.3 Å². The number of benzene rings is 3. The molecule has 0 heterocycles. The van der Waals surface area contributed by atoms with Crippen molar-refractivity contribution in [3.05, 3.63) is 82.9 Å². The SMILES string of the molecule is Cc1cc(NC(=O)NCc2ccc(CCCC(=O)O)cc2)cc(C)c1-c1ccccc1OC(F)F. The van der Waals surface area contributed by atoms with E-state index in [-0.39, 0.29) is 18.2 Å². The largest absolute Gasteiger partial charge is 0.481 e. The molecule has 0 aliphatic heterocycles. The first-order valence-electron chi connectivity index (χ1n) is 11.2. The van der Waals surface area contributed by atoms with Gasteiger partial charge in [-0.05, 0) is 72.7 Å². The maximum absolute atomic E-state index is 12.8. The Morgan fingerprint density at radius 2 is 1.60 bits per heavy atom. The molecule has 184 valence electrons. The molecule has 0 aliphatic rings. The van der Waals surface area contributed by atoms with Gasteiger partial charge in [0.25, 0.3) is 0 Å². The zero-order chi connectivity index (χ0) is 25.4. The van der Waals surface area contributed by atoms with Gasteiger partial charge in [0.1, 0.15) is 5.75 Å². The Labute approximate surface area is 202 Å². The highest BCUT2D eigenvalue weighted by Gasteiger charge is 2.15. The third-order valence-electron chi connectivity index (χ3n) is 5.50. The molecule has 6 nitrogen and oxygen atoms in total. The summed E-state index contributed by atoms with van der Waals surface area (Å²) in [5, 5.41) is 14.3. The van der Waals surface area contributed by atoms with E-state index in [1.165, 1.54) is 6.07 Å². The maximum Gasteiger partial charge on any atom is 0.387 e. The van der Waals surface area contributed by atoms with Crippen molar-refractivity contribution in [2.75, 3.05) is 5.32 Å². The third-order valence-corrected chi connectivity index (χ3v) is 5.50. The number of nitrogens with one attached hydrogen (secondary N) is 2. The number of carbonyl (C=O) groups excluding carboxylic acids is 1. The summed E-state index contributed by atoms with van der Waals surface area (Å²) in [5.41, 5.74) is 5.50. The molecular formula is C27H28F2N2O4. The Bertz CT molecular complexity index is 1160. The second kappa shape index (κ2) is 12.0. The molecule has 2 amide bonds. The van der Waals surface area contributed by atoms with Crippen molar-refractivity contribution in [1.82, 2.24) is 5.32 Å². The van der Waals surface area contributed by atoms with Crippen molar-refractivity contribution in [2.45, 2.75) is 46.3 Å². The van der Waals surface area contributed by atoms with Crippen LogP contribution in [0.15, 0.2) is 60.7 Å². The van der Waals surface area contributed by atoms with E-state index >= 15 is 0 Å². The normalized spacial score (nSPS) is 10.8. The molecular weight excluding hydrogens is 454 g/mol. The minimum atomic E-state index is -2.92. The van der Waals surface area contributed by atoms with Gasteiger partial charge in [-0.3, -0.25) is 4.79 Å². The lowest BCUT2D eigenvalue weighted by molar-refractivity contribution is -0.137. The van der Waals surface area contributed by atoms with Gasteiger partial charge in [-0.25, -0.2) is 4.79 Å². The summed E-state index contributed by atoms with van der Waals surface area (Å²) in [6.45, 7) is 1.11. The van der Waals surface area contributed by atoms with Crippen LogP contribution in [0, 0.1) is 13.8 Å². The van der Waals surface area contributed by atoms with Gasteiger partial charge in [0.05, 0.1) is 0 Å². The Kier molecular flexibility index (Phi) is 8.78. The van der Waals surface area contributed by atoms with E-state index in [0.29, 0.717) is 30.6 Å². The Balaban J connectivity index is 1.61. The summed E-state index contributed by atoms with van der Waals surface area (Å²) in [6, 6.07) is 17.5. The highest BCUT2D eigenvalue weighted by atomic mass is 19.3. The summed E-state index contributed by atoms with van der Waals surface area (Å²) in [7, 11) is 0. The second-order valence-corrected chi connectivity index (χ2v) is 8.23. The van der Waals surface area contributed by atoms with Crippen molar-refractivity contribution in [2.24, 2.45) is 0 Å². The molecule has 0 spiro atoms. The van der Waals surface area contributed by atoms with Gasteiger partial charge in [-0.1, -0.05) is 42.5 Å². The second-order valence-electron chi connectivity index (χ2n) is 8.23. The number of para-hydroxylation sites is 1. The quantitative estimate of drug-likeness (QED) is 0.316. The van der Waals surface area contributed by atoms with Crippen molar-refractivity contribution in [3.63, 3.8) is 0 Å². The fourth-order valence-corrected chi connectivity index (χ4v) is 3.96. The maximum atomic E-state index is 12.8. The van der Waals surface area contributed by atoms with E-state index in [0.717, 1.165) is 27.8 Å². The van der Waals surface area contributed by atoms with Crippen LogP contribution in [-0.2, 0) is 17.8 Å². The van der Waals surface area contributed by atoms with Gasteiger partial charge in [0, 0.05) is 24.2 Å². The predicted octanol–water partition coefficient (Wildman–Crippen LogP) is 6.30. The van der Waals surface area contributed by atoms with Crippen LogP contribution in [0.1, 0.15) is 35.1 Å². The van der Waals surface area contributed by atoms with Crippen LogP contribution in [0.25, 0.3) is 11.1 Å². The van der Waals surface area contributed by atoms with E-state index in [1.54, 1.807) is 30.3 Å². The summed E-state index contributed by atoms with van der Waals surface area (Å²) >= 11 is 0. The van der Waals surface area contributed by atoms with E-state index < -0.39 is 12.6 Å². The number of hydrogen-bond donors (Lipinski definition) is 3. The number of aliphatic carboxylic acids is 1. The molecule has 3 N–H and O–H groups in total. The molecule has 0 atom stereocenters. The Morgan fingerprint density at radius 1 is 0.971 bits per heavy atom.